The molecule has 0 atom stereocenters. The Kier molecular flexibility index (Phi) is 3.94. The minimum absolute atomic E-state index is 0.304. The molecule has 1 saturated heterocycles. The minimum atomic E-state index is -0.307. The first-order valence-electron chi connectivity index (χ1n) is 5.24. The summed E-state index contributed by atoms with van der Waals surface area (Å²) in [6.45, 7) is 2.15. The van der Waals surface area contributed by atoms with Gasteiger partial charge in [-0.1, -0.05) is 6.07 Å². The normalized spacial score (nSPS) is 15.4. The molecule has 0 spiro atoms. The Morgan fingerprint density at radius 2 is 2.06 bits per heavy atom. The summed E-state index contributed by atoms with van der Waals surface area (Å²) in [5.74, 6) is -0.304. The van der Waals surface area contributed by atoms with Gasteiger partial charge in [0.1, 0.15) is 0 Å². The van der Waals surface area contributed by atoms with Crippen molar-refractivity contribution in [1.29, 1.82) is 0 Å². The highest BCUT2D eigenvalue weighted by Crippen LogP contribution is 2.07. The van der Waals surface area contributed by atoms with E-state index in [4.69, 9.17) is 4.74 Å². The number of carbonyl (C=O) groups is 2. The Balaban J connectivity index is 1.77. The van der Waals surface area contributed by atoms with Crippen LogP contribution in [0.15, 0.2) is 17.5 Å². The molecule has 1 aromatic rings. The van der Waals surface area contributed by atoms with Gasteiger partial charge in [0.25, 0.3) is 5.91 Å². The van der Waals surface area contributed by atoms with Crippen LogP contribution in [-0.4, -0.2) is 43.1 Å². The average molecular weight is 255 g/mol. The molecule has 0 radical (unpaired) electrons. The Morgan fingerprint density at radius 1 is 1.29 bits per heavy atom. The summed E-state index contributed by atoms with van der Waals surface area (Å²) in [6.07, 6.45) is 0. The van der Waals surface area contributed by atoms with Crippen LogP contribution in [-0.2, 0) is 4.74 Å². The quantitative estimate of drug-likeness (QED) is 0.715. The van der Waals surface area contributed by atoms with E-state index >= 15 is 0 Å². The van der Waals surface area contributed by atoms with Crippen molar-refractivity contribution in [2.75, 3.05) is 26.3 Å². The second kappa shape index (κ2) is 5.65. The van der Waals surface area contributed by atoms with Crippen LogP contribution in [0.1, 0.15) is 9.67 Å². The monoisotopic (exact) mass is 255 g/mol. The number of amides is 3. The molecule has 2 rings (SSSR count). The fourth-order valence-corrected chi connectivity index (χ4v) is 2.04. The Labute approximate surface area is 103 Å². The van der Waals surface area contributed by atoms with Crippen molar-refractivity contribution in [2.24, 2.45) is 0 Å². The molecule has 7 heteroatoms. The third-order valence-corrected chi connectivity index (χ3v) is 3.19. The highest BCUT2D eigenvalue weighted by atomic mass is 32.1. The maximum Gasteiger partial charge on any atom is 0.336 e. The van der Waals surface area contributed by atoms with Gasteiger partial charge in [-0.15, -0.1) is 11.3 Å². The smallest absolute Gasteiger partial charge is 0.336 e. The van der Waals surface area contributed by atoms with Gasteiger partial charge in [-0.2, -0.15) is 0 Å². The van der Waals surface area contributed by atoms with Crippen LogP contribution in [0.2, 0.25) is 0 Å². The molecule has 1 fully saturated rings. The molecule has 0 unspecified atom stereocenters. The number of nitrogens with zero attached hydrogens (tertiary/aromatic N) is 1. The lowest BCUT2D eigenvalue weighted by Gasteiger charge is -2.26. The van der Waals surface area contributed by atoms with E-state index < -0.39 is 0 Å². The molecule has 1 aliphatic rings. The van der Waals surface area contributed by atoms with E-state index in [1.165, 1.54) is 11.3 Å². The number of nitrogens with one attached hydrogen (secondary N) is 2. The van der Waals surface area contributed by atoms with Crippen molar-refractivity contribution >= 4 is 23.3 Å². The maximum absolute atomic E-state index is 11.6. The fourth-order valence-electron chi connectivity index (χ4n) is 1.43. The van der Waals surface area contributed by atoms with Gasteiger partial charge in [-0.3, -0.25) is 10.2 Å². The first-order chi connectivity index (χ1) is 8.27. The molecule has 3 amide bonds. The summed E-state index contributed by atoms with van der Waals surface area (Å²) in [5, 5.41) is 1.80. The molecule has 1 aliphatic heterocycles. The summed E-state index contributed by atoms with van der Waals surface area (Å²) in [4.78, 5) is 25.3. The highest BCUT2D eigenvalue weighted by molar-refractivity contribution is 7.12. The van der Waals surface area contributed by atoms with Gasteiger partial charge < -0.3 is 9.64 Å². The maximum atomic E-state index is 11.6. The molecule has 0 saturated carbocycles. The molecule has 17 heavy (non-hydrogen) atoms. The largest absolute Gasteiger partial charge is 0.378 e. The lowest BCUT2D eigenvalue weighted by Crippen LogP contribution is -2.51. The molecule has 6 nitrogen and oxygen atoms in total. The summed E-state index contributed by atoms with van der Waals surface area (Å²) >= 11 is 1.32. The molecule has 1 aromatic heterocycles. The topological polar surface area (TPSA) is 70.7 Å². The molecular formula is C10H13N3O3S. The Bertz CT molecular complexity index is 388. The average Bonchev–Trinajstić information content (AvgIpc) is 2.90. The van der Waals surface area contributed by atoms with Crippen molar-refractivity contribution in [2.45, 2.75) is 0 Å². The van der Waals surface area contributed by atoms with Gasteiger partial charge in [-0.25, -0.2) is 10.2 Å². The minimum Gasteiger partial charge on any atom is -0.378 e. The third-order valence-electron chi connectivity index (χ3n) is 2.33. The van der Waals surface area contributed by atoms with Crippen LogP contribution in [0, 0.1) is 0 Å². The van der Waals surface area contributed by atoms with E-state index in [2.05, 4.69) is 10.9 Å². The summed E-state index contributed by atoms with van der Waals surface area (Å²) in [7, 11) is 0. The zero-order valence-electron chi connectivity index (χ0n) is 9.14. The molecule has 2 heterocycles. The number of urea groups is 1. The summed E-state index contributed by atoms with van der Waals surface area (Å²) < 4.78 is 5.13. The standard InChI is InChI=1S/C10H13N3O3S/c14-9(8-2-1-7-17-8)11-12-10(15)13-3-5-16-6-4-13/h1-2,7H,3-6H2,(H,11,14)(H,12,15). The molecule has 92 valence electrons. The van der Waals surface area contributed by atoms with Crippen LogP contribution in [0.5, 0.6) is 0 Å². The number of thiophene rings is 1. The summed E-state index contributed by atoms with van der Waals surface area (Å²) in [6, 6.07) is 3.17. The number of hydrazine groups is 1. The number of hydrogen-bond acceptors (Lipinski definition) is 4. The number of carbonyl (C=O) groups excluding carboxylic acids is 2. The van der Waals surface area contributed by atoms with Gasteiger partial charge in [0.05, 0.1) is 18.1 Å². The lowest BCUT2D eigenvalue weighted by atomic mass is 10.4. The van der Waals surface area contributed by atoms with Crippen LogP contribution in [0.4, 0.5) is 4.79 Å². The van der Waals surface area contributed by atoms with E-state index in [9.17, 15) is 9.59 Å². The fraction of sp³-hybridized carbons (Fsp3) is 0.400. The van der Waals surface area contributed by atoms with Crippen molar-refractivity contribution in [3.05, 3.63) is 22.4 Å². The van der Waals surface area contributed by atoms with Crippen LogP contribution < -0.4 is 10.9 Å². The zero-order valence-corrected chi connectivity index (χ0v) is 9.96. The summed E-state index contributed by atoms with van der Waals surface area (Å²) in [5.41, 5.74) is 4.75. The van der Waals surface area contributed by atoms with Crippen LogP contribution >= 0.6 is 11.3 Å². The first kappa shape index (κ1) is 11.9. The molecule has 2 N–H and O–H groups in total. The SMILES string of the molecule is O=C(NNC(=O)N1CCOCC1)c1cccs1. The number of hydrogen-bond donors (Lipinski definition) is 2. The predicted octanol–water partition coefficient (Wildman–Crippen LogP) is 0.435. The van der Waals surface area contributed by atoms with Crippen LogP contribution in [0.3, 0.4) is 0 Å². The van der Waals surface area contributed by atoms with E-state index in [0.29, 0.717) is 31.2 Å². The van der Waals surface area contributed by atoms with Gasteiger partial charge in [0, 0.05) is 13.1 Å². The lowest BCUT2D eigenvalue weighted by molar-refractivity contribution is 0.0519. The van der Waals surface area contributed by atoms with Gasteiger partial charge in [0.2, 0.25) is 0 Å². The first-order valence-corrected chi connectivity index (χ1v) is 6.12. The van der Waals surface area contributed by atoms with E-state index in [-0.39, 0.29) is 11.9 Å². The van der Waals surface area contributed by atoms with Crippen molar-refractivity contribution in [3.63, 3.8) is 0 Å². The Morgan fingerprint density at radius 3 is 2.71 bits per heavy atom. The van der Waals surface area contributed by atoms with Gasteiger partial charge in [0.15, 0.2) is 0 Å². The number of ether oxygens (including phenoxy) is 1. The number of morpholine rings is 1. The highest BCUT2D eigenvalue weighted by Gasteiger charge is 2.17. The van der Waals surface area contributed by atoms with E-state index in [1.807, 2.05) is 0 Å². The van der Waals surface area contributed by atoms with Crippen molar-refractivity contribution < 1.29 is 14.3 Å². The third kappa shape index (κ3) is 3.18. The van der Waals surface area contributed by atoms with Crippen LogP contribution in [0.25, 0.3) is 0 Å². The Hall–Kier alpha value is -1.60. The zero-order chi connectivity index (χ0) is 12.1. The molecule has 0 bridgehead atoms. The van der Waals surface area contributed by atoms with Gasteiger partial charge >= 0.3 is 6.03 Å². The van der Waals surface area contributed by atoms with Gasteiger partial charge in [-0.05, 0) is 11.4 Å². The molecular weight excluding hydrogens is 242 g/mol. The van der Waals surface area contributed by atoms with E-state index in [0.717, 1.165) is 0 Å². The van der Waals surface area contributed by atoms with Crippen molar-refractivity contribution in [1.82, 2.24) is 15.8 Å². The molecule has 0 aromatic carbocycles. The molecule has 0 aliphatic carbocycles. The van der Waals surface area contributed by atoms with Crippen molar-refractivity contribution in [3.8, 4) is 0 Å². The predicted molar refractivity (Wildman–Crippen MR) is 62.7 cm³/mol. The van der Waals surface area contributed by atoms with E-state index in [1.54, 1.807) is 22.4 Å². The second-order valence-electron chi connectivity index (χ2n) is 3.46. The number of rotatable bonds is 1. The second-order valence-corrected chi connectivity index (χ2v) is 4.41.